The highest BCUT2D eigenvalue weighted by molar-refractivity contribution is 5.85. The topological polar surface area (TPSA) is 45.4 Å². The van der Waals surface area contributed by atoms with E-state index in [2.05, 4.69) is 20.9 Å². The van der Waals surface area contributed by atoms with E-state index in [4.69, 9.17) is 5.73 Å². The van der Waals surface area contributed by atoms with Crippen molar-refractivity contribution >= 4 is 18.2 Å². The van der Waals surface area contributed by atoms with E-state index in [9.17, 15) is 0 Å². The van der Waals surface area contributed by atoms with Crippen LogP contribution in [-0.4, -0.2) is 49.2 Å². The lowest BCUT2D eigenvalue weighted by atomic mass is 10.3. The highest BCUT2D eigenvalue weighted by atomic mass is 35.5. The van der Waals surface area contributed by atoms with Gasteiger partial charge in [-0.05, 0) is 12.1 Å². The summed E-state index contributed by atoms with van der Waals surface area (Å²) in [6.07, 6.45) is 1.85. The maximum absolute atomic E-state index is 5.54. The van der Waals surface area contributed by atoms with E-state index in [-0.39, 0.29) is 12.4 Å². The second-order valence-corrected chi connectivity index (χ2v) is 3.81. The molecule has 1 fully saturated rings. The molecule has 0 bridgehead atoms. The highest BCUT2D eigenvalue weighted by Crippen LogP contribution is 2.11. The molecule has 16 heavy (non-hydrogen) atoms. The van der Waals surface area contributed by atoms with Crippen molar-refractivity contribution in [1.82, 2.24) is 9.88 Å². The number of halogens is 1. The normalized spacial score (nSPS) is 16.9. The van der Waals surface area contributed by atoms with Gasteiger partial charge in [-0.1, -0.05) is 6.07 Å². The summed E-state index contributed by atoms with van der Waals surface area (Å²) in [5.74, 6) is 1.09. The molecule has 0 aromatic carbocycles. The minimum absolute atomic E-state index is 0. The fourth-order valence-corrected chi connectivity index (χ4v) is 1.92. The van der Waals surface area contributed by atoms with Crippen molar-refractivity contribution in [3.63, 3.8) is 0 Å². The van der Waals surface area contributed by atoms with Crippen molar-refractivity contribution in [2.24, 2.45) is 5.73 Å². The summed E-state index contributed by atoms with van der Waals surface area (Å²) in [5.41, 5.74) is 5.54. The van der Waals surface area contributed by atoms with Crippen LogP contribution in [0.25, 0.3) is 0 Å². The Kier molecular flexibility index (Phi) is 5.52. The van der Waals surface area contributed by atoms with E-state index in [1.54, 1.807) is 0 Å². The van der Waals surface area contributed by atoms with Crippen LogP contribution in [0.1, 0.15) is 0 Å². The van der Waals surface area contributed by atoms with Gasteiger partial charge in [-0.3, -0.25) is 4.90 Å². The Morgan fingerprint density at radius 1 is 1.19 bits per heavy atom. The molecule has 0 aliphatic carbocycles. The predicted octanol–water partition coefficient (Wildman–Crippen LogP) is 0.584. The number of rotatable bonds is 3. The quantitative estimate of drug-likeness (QED) is 0.843. The molecule has 5 heteroatoms. The summed E-state index contributed by atoms with van der Waals surface area (Å²) in [7, 11) is 0. The molecule has 0 spiro atoms. The Balaban J connectivity index is 0.00000128. The van der Waals surface area contributed by atoms with Gasteiger partial charge < -0.3 is 10.6 Å². The smallest absolute Gasteiger partial charge is 0.128 e. The van der Waals surface area contributed by atoms with Gasteiger partial charge in [-0.15, -0.1) is 12.4 Å². The molecule has 2 N–H and O–H groups in total. The first kappa shape index (κ1) is 13.2. The molecule has 1 saturated heterocycles. The van der Waals surface area contributed by atoms with Gasteiger partial charge in [-0.25, -0.2) is 4.98 Å². The summed E-state index contributed by atoms with van der Waals surface area (Å²) in [6.45, 7) is 6.05. The van der Waals surface area contributed by atoms with Crippen molar-refractivity contribution in [3.05, 3.63) is 24.4 Å². The van der Waals surface area contributed by atoms with Crippen molar-refractivity contribution in [2.75, 3.05) is 44.2 Å². The van der Waals surface area contributed by atoms with E-state index in [1.165, 1.54) is 0 Å². The van der Waals surface area contributed by atoms with Crippen LogP contribution in [0, 0.1) is 0 Å². The van der Waals surface area contributed by atoms with Crippen LogP contribution in [0.4, 0.5) is 5.82 Å². The van der Waals surface area contributed by atoms with Crippen LogP contribution >= 0.6 is 12.4 Å². The minimum Gasteiger partial charge on any atom is -0.354 e. The van der Waals surface area contributed by atoms with E-state index >= 15 is 0 Å². The lowest BCUT2D eigenvalue weighted by molar-refractivity contribution is 0.264. The fraction of sp³-hybridized carbons (Fsp3) is 0.545. The van der Waals surface area contributed by atoms with Crippen LogP contribution < -0.4 is 10.6 Å². The first-order chi connectivity index (χ1) is 7.40. The van der Waals surface area contributed by atoms with Gasteiger partial charge in [0.1, 0.15) is 5.82 Å². The Morgan fingerprint density at radius 2 is 1.94 bits per heavy atom. The first-order valence-electron chi connectivity index (χ1n) is 5.48. The van der Waals surface area contributed by atoms with Gasteiger partial charge >= 0.3 is 0 Å². The Morgan fingerprint density at radius 3 is 2.50 bits per heavy atom. The number of hydrogen-bond donors (Lipinski definition) is 1. The van der Waals surface area contributed by atoms with Crippen molar-refractivity contribution in [3.8, 4) is 0 Å². The lowest BCUT2D eigenvalue weighted by Crippen LogP contribution is -2.48. The number of pyridine rings is 1. The molecule has 0 radical (unpaired) electrons. The molecule has 4 nitrogen and oxygen atoms in total. The van der Waals surface area contributed by atoms with Gasteiger partial charge in [0.15, 0.2) is 0 Å². The van der Waals surface area contributed by atoms with E-state index in [1.807, 2.05) is 18.3 Å². The zero-order valence-corrected chi connectivity index (χ0v) is 10.2. The van der Waals surface area contributed by atoms with Gasteiger partial charge in [0.2, 0.25) is 0 Å². The molecular weight excluding hydrogens is 224 g/mol. The van der Waals surface area contributed by atoms with Gasteiger partial charge in [0.25, 0.3) is 0 Å². The SMILES string of the molecule is Cl.NCCN1CCN(c2ccccn2)CC1. The molecule has 1 aromatic heterocycles. The number of nitrogens with two attached hydrogens (primary N) is 1. The highest BCUT2D eigenvalue weighted by Gasteiger charge is 2.16. The molecule has 0 amide bonds. The maximum atomic E-state index is 5.54. The summed E-state index contributed by atoms with van der Waals surface area (Å²) >= 11 is 0. The zero-order chi connectivity index (χ0) is 10.5. The van der Waals surface area contributed by atoms with Crippen LogP contribution in [0.3, 0.4) is 0 Å². The molecular formula is C11H19ClN4. The van der Waals surface area contributed by atoms with Crippen molar-refractivity contribution < 1.29 is 0 Å². The number of anilines is 1. The Bertz CT molecular complexity index is 285. The number of nitrogens with zero attached hydrogens (tertiary/aromatic N) is 3. The Labute approximate surface area is 103 Å². The lowest BCUT2D eigenvalue weighted by Gasteiger charge is -2.35. The zero-order valence-electron chi connectivity index (χ0n) is 9.38. The standard InChI is InChI=1S/C11H18N4.ClH/c12-4-6-14-7-9-15(10-8-14)11-3-1-2-5-13-11;/h1-3,5H,4,6-10,12H2;1H. The molecule has 1 aliphatic rings. The van der Waals surface area contributed by atoms with Crippen molar-refractivity contribution in [1.29, 1.82) is 0 Å². The Hall–Kier alpha value is -0.840. The molecule has 2 heterocycles. The van der Waals surface area contributed by atoms with E-state index in [0.717, 1.165) is 45.1 Å². The molecule has 0 atom stereocenters. The third-order valence-electron chi connectivity index (χ3n) is 2.79. The van der Waals surface area contributed by atoms with E-state index < -0.39 is 0 Å². The average molecular weight is 243 g/mol. The average Bonchev–Trinajstić information content (AvgIpc) is 2.32. The minimum atomic E-state index is 0. The summed E-state index contributed by atoms with van der Waals surface area (Å²) in [5, 5.41) is 0. The predicted molar refractivity (Wildman–Crippen MR) is 69.2 cm³/mol. The second kappa shape index (κ2) is 6.68. The summed E-state index contributed by atoms with van der Waals surface area (Å²) in [4.78, 5) is 9.08. The molecule has 0 saturated carbocycles. The van der Waals surface area contributed by atoms with E-state index in [0.29, 0.717) is 0 Å². The van der Waals surface area contributed by atoms with Gasteiger partial charge in [-0.2, -0.15) is 0 Å². The third kappa shape index (κ3) is 3.33. The van der Waals surface area contributed by atoms with Gasteiger partial charge in [0, 0.05) is 45.5 Å². The number of aromatic nitrogens is 1. The maximum Gasteiger partial charge on any atom is 0.128 e. The number of piperazine rings is 1. The summed E-state index contributed by atoms with van der Waals surface area (Å²) in [6, 6.07) is 6.06. The van der Waals surface area contributed by atoms with Crippen LogP contribution in [0.5, 0.6) is 0 Å². The van der Waals surface area contributed by atoms with Crippen LogP contribution in [0.15, 0.2) is 24.4 Å². The fourth-order valence-electron chi connectivity index (χ4n) is 1.92. The van der Waals surface area contributed by atoms with Crippen molar-refractivity contribution in [2.45, 2.75) is 0 Å². The van der Waals surface area contributed by atoms with Gasteiger partial charge in [0.05, 0.1) is 0 Å². The molecule has 90 valence electrons. The number of hydrogen-bond acceptors (Lipinski definition) is 4. The monoisotopic (exact) mass is 242 g/mol. The first-order valence-corrected chi connectivity index (χ1v) is 5.48. The second-order valence-electron chi connectivity index (χ2n) is 3.81. The molecule has 2 rings (SSSR count). The molecule has 1 aromatic rings. The third-order valence-corrected chi connectivity index (χ3v) is 2.79. The van der Waals surface area contributed by atoms with Crippen LogP contribution in [0.2, 0.25) is 0 Å². The molecule has 1 aliphatic heterocycles. The van der Waals surface area contributed by atoms with Crippen LogP contribution in [-0.2, 0) is 0 Å². The largest absolute Gasteiger partial charge is 0.354 e. The molecule has 0 unspecified atom stereocenters. The summed E-state index contributed by atoms with van der Waals surface area (Å²) < 4.78 is 0.